The van der Waals surface area contributed by atoms with E-state index in [-0.39, 0.29) is 0 Å². The summed E-state index contributed by atoms with van der Waals surface area (Å²) in [5.74, 6) is -0.842. The predicted octanol–water partition coefficient (Wildman–Crippen LogP) is 3.87. The molecule has 0 unspecified atom stereocenters. The zero-order valence-electron chi connectivity index (χ0n) is 11.4. The summed E-state index contributed by atoms with van der Waals surface area (Å²) in [4.78, 5) is -0.493. The Kier molecular flexibility index (Phi) is 3.82. The number of halogens is 1. The molecule has 0 aliphatic heterocycles. The van der Waals surface area contributed by atoms with Gasteiger partial charge >= 0.3 is 0 Å². The van der Waals surface area contributed by atoms with Crippen molar-refractivity contribution in [3.63, 3.8) is 0 Å². The quantitative estimate of drug-likeness (QED) is 0.791. The zero-order valence-corrected chi connectivity index (χ0v) is 13.0. The van der Waals surface area contributed by atoms with Gasteiger partial charge in [-0.05, 0) is 34.0 Å². The van der Waals surface area contributed by atoms with Gasteiger partial charge < -0.3 is 0 Å². The van der Waals surface area contributed by atoms with Crippen molar-refractivity contribution in [2.45, 2.75) is 4.90 Å². The molecule has 6 heteroatoms. The van der Waals surface area contributed by atoms with E-state index < -0.39 is 20.7 Å². The maximum absolute atomic E-state index is 14.0. The molecule has 0 fully saturated rings. The second kappa shape index (κ2) is 5.64. The molecule has 3 nitrogen and oxygen atoms in total. The molecule has 0 aliphatic rings. The minimum atomic E-state index is -4.05. The standard InChI is InChI=1S/C16H12FNO2S2/c17-15-8-12(6-7-16(15)22(18,19)20)14-10-21-9-13(14)11-4-2-1-3-5-11/h1-10H,(H2,18,19,20). The van der Waals surface area contributed by atoms with E-state index in [0.29, 0.717) is 5.56 Å². The summed E-state index contributed by atoms with van der Waals surface area (Å²) in [6, 6.07) is 13.7. The summed E-state index contributed by atoms with van der Waals surface area (Å²) in [6.07, 6.45) is 0. The molecule has 22 heavy (non-hydrogen) atoms. The fraction of sp³-hybridized carbons (Fsp3) is 0. The first-order valence-electron chi connectivity index (χ1n) is 6.41. The Labute approximate surface area is 131 Å². The van der Waals surface area contributed by atoms with E-state index in [1.807, 2.05) is 41.1 Å². The van der Waals surface area contributed by atoms with Crippen LogP contribution in [0.1, 0.15) is 0 Å². The molecule has 112 valence electrons. The summed E-state index contributed by atoms with van der Waals surface area (Å²) in [5.41, 5.74) is 3.48. The molecule has 0 saturated heterocycles. The topological polar surface area (TPSA) is 60.2 Å². The maximum Gasteiger partial charge on any atom is 0.240 e. The highest BCUT2D eigenvalue weighted by Crippen LogP contribution is 2.36. The lowest BCUT2D eigenvalue weighted by molar-refractivity contribution is 0.568. The van der Waals surface area contributed by atoms with Crippen LogP contribution in [0, 0.1) is 5.82 Å². The van der Waals surface area contributed by atoms with E-state index in [2.05, 4.69) is 0 Å². The van der Waals surface area contributed by atoms with Gasteiger partial charge in [0.05, 0.1) is 0 Å². The Morgan fingerprint density at radius 3 is 2.14 bits per heavy atom. The lowest BCUT2D eigenvalue weighted by Crippen LogP contribution is -2.13. The van der Waals surface area contributed by atoms with Crippen LogP contribution in [0.3, 0.4) is 0 Å². The number of nitrogens with two attached hydrogens (primary N) is 1. The SMILES string of the molecule is NS(=O)(=O)c1ccc(-c2cscc2-c2ccccc2)cc1F. The molecule has 3 rings (SSSR count). The molecule has 0 radical (unpaired) electrons. The van der Waals surface area contributed by atoms with Crippen LogP contribution in [0.4, 0.5) is 4.39 Å². The van der Waals surface area contributed by atoms with Crippen LogP contribution in [-0.2, 0) is 10.0 Å². The first-order chi connectivity index (χ1) is 10.5. The Morgan fingerprint density at radius 2 is 1.55 bits per heavy atom. The molecule has 2 N–H and O–H groups in total. The minimum absolute atomic E-state index is 0.493. The Hall–Kier alpha value is -2.02. The monoisotopic (exact) mass is 333 g/mol. The molecule has 0 bridgehead atoms. The van der Waals surface area contributed by atoms with Crippen molar-refractivity contribution in [1.29, 1.82) is 0 Å². The smallest absolute Gasteiger partial charge is 0.225 e. The molecule has 0 aliphatic carbocycles. The van der Waals surface area contributed by atoms with E-state index in [4.69, 9.17) is 5.14 Å². The Balaban J connectivity index is 2.11. The predicted molar refractivity (Wildman–Crippen MR) is 86.5 cm³/mol. The molecule has 3 aromatic rings. The second-order valence-electron chi connectivity index (χ2n) is 4.76. The van der Waals surface area contributed by atoms with Crippen molar-refractivity contribution in [2.24, 2.45) is 5.14 Å². The van der Waals surface area contributed by atoms with Crippen LogP contribution in [0.25, 0.3) is 22.3 Å². The van der Waals surface area contributed by atoms with Crippen LogP contribution >= 0.6 is 11.3 Å². The number of benzene rings is 2. The molecular formula is C16H12FNO2S2. The third-order valence-electron chi connectivity index (χ3n) is 3.30. The van der Waals surface area contributed by atoms with Crippen molar-refractivity contribution < 1.29 is 12.8 Å². The Bertz CT molecular complexity index is 918. The number of thiophene rings is 1. The van der Waals surface area contributed by atoms with Gasteiger partial charge in [-0.2, -0.15) is 11.3 Å². The van der Waals surface area contributed by atoms with Gasteiger partial charge in [-0.25, -0.2) is 17.9 Å². The van der Waals surface area contributed by atoms with Gasteiger partial charge in [0, 0.05) is 11.1 Å². The summed E-state index contributed by atoms with van der Waals surface area (Å²) in [7, 11) is -4.05. The number of hydrogen-bond donors (Lipinski definition) is 1. The molecule has 2 aromatic carbocycles. The van der Waals surface area contributed by atoms with Crippen molar-refractivity contribution in [3.8, 4) is 22.3 Å². The number of hydrogen-bond acceptors (Lipinski definition) is 3. The van der Waals surface area contributed by atoms with Gasteiger partial charge in [-0.1, -0.05) is 36.4 Å². The third kappa shape index (κ3) is 2.81. The highest BCUT2D eigenvalue weighted by molar-refractivity contribution is 7.89. The molecule has 1 aromatic heterocycles. The van der Waals surface area contributed by atoms with Gasteiger partial charge in [0.25, 0.3) is 0 Å². The van der Waals surface area contributed by atoms with Crippen LogP contribution in [-0.4, -0.2) is 8.42 Å². The van der Waals surface area contributed by atoms with Gasteiger partial charge in [-0.3, -0.25) is 0 Å². The third-order valence-corrected chi connectivity index (χ3v) is 4.98. The zero-order chi connectivity index (χ0) is 15.7. The summed E-state index contributed by atoms with van der Waals surface area (Å²) >= 11 is 1.51. The molecule has 0 atom stereocenters. The lowest BCUT2D eigenvalue weighted by atomic mass is 9.99. The average Bonchev–Trinajstić information content (AvgIpc) is 2.96. The summed E-state index contributed by atoms with van der Waals surface area (Å²) in [6.45, 7) is 0. The van der Waals surface area contributed by atoms with Crippen molar-refractivity contribution in [1.82, 2.24) is 0 Å². The largest absolute Gasteiger partial charge is 0.240 e. The fourth-order valence-corrected chi connectivity index (χ4v) is 3.72. The van der Waals surface area contributed by atoms with Crippen LogP contribution < -0.4 is 5.14 Å². The van der Waals surface area contributed by atoms with E-state index >= 15 is 0 Å². The number of primary sulfonamides is 1. The van der Waals surface area contributed by atoms with E-state index in [1.54, 1.807) is 6.07 Å². The molecule has 1 heterocycles. The van der Waals surface area contributed by atoms with Gasteiger partial charge in [0.1, 0.15) is 10.7 Å². The maximum atomic E-state index is 14.0. The second-order valence-corrected chi connectivity index (χ2v) is 7.03. The van der Waals surface area contributed by atoms with Crippen molar-refractivity contribution in [2.75, 3.05) is 0 Å². The van der Waals surface area contributed by atoms with Crippen molar-refractivity contribution >= 4 is 21.4 Å². The highest BCUT2D eigenvalue weighted by atomic mass is 32.2. The highest BCUT2D eigenvalue weighted by Gasteiger charge is 2.16. The fourth-order valence-electron chi connectivity index (χ4n) is 2.26. The molecule has 0 spiro atoms. The lowest BCUT2D eigenvalue weighted by Gasteiger charge is -2.07. The average molecular weight is 333 g/mol. The molecule has 0 amide bonds. The summed E-state index contributed by atoms with van der Waals surface area (Å²) in [5, 5.41) is 8.87. The van der Waals surface area contributed by atoms with E-state index in [0.717, 1.165) is 16.7 Å². The van der Waals surface area contributed by atoms with Gasteiger partial charge in [0.15, 0.2) is 0 Å². The Morgan fingerprint density at radius 1 is 0.909 bits per heavy atom. The first-order valence-corrected chi connectivity index (χ1v) is 8.90. The van der Waals surface area contributed by atoms with Crippen LogP contribution in [0.15, 0.2) is 64.2 Å². The minimum Gasteiger partial charge on any atom is -0.225 e. The summed E-state index contributed by atoms with van der Waals surface area (Å²) < 4.78 is 36.6. The number of rotatable bonds is 3. The van der Waals surface area contributed by atoms with E-state index in [9.17, 15) is 12.8 Å². The van der Waals surface area contributed by atoms with Crippen molar-refractivity contribution in [3.05, 3.63) is 65.1 Å². The molecule has 0 saturated carbocycles. The van der Waals surface area contributed by atoms with E-state index in [1.165, 1.54) is 23.5 Å². The van der Waals surface area contributed by atoms with Gasteiger partial charge in [-0.15, -0.1) is 0 Å². The molecular weight excluding hydrogens is 321 g/mol. The number of sulfonamides is 1. The normalized spacial score (nSPS) is 11.5. The first kappa shape index (κ1) is 14.9. The van der Waals surface area contributed by atoms with Crippen LogP contribution in [0.5, 0.6) is 0 Å². The van der Waals surface area contributed by atoms with Gasteiger partial charge in [0.2, 0.25) is 10.0 Å². The van der Waals surface area contributed by atoms with Crippen LogP contribution in [0.2, 0.25) is 0 Å².